The lowest BCUT2D eigenvalue weighted by atomic mass is 10.2. The number of aromatic nitrogens is 4. The van der Waals surface area contributed by atoms with Crippen LogP contribution in [-0.2, 0) is 24.9 Å². The Bertz CT molecular complexity index is 695. The summed E-state index contributed by atoms with van der Waals surface area (Å²) in [6.07, 6.45) is -1.10. The third-order valence-corrected chi connectivity index (χ3v) is 3.94. The Morgan fingerprint density at radius 3 is 2.59 bits per heavy atom. The number of nitrogens with zero attached hydrogens (tertiary/aromatic N) is 4. The Labute approximate surface area is 131 Å². The van der Waals surface area contributed by atoms with Crippen molar-refractivity contribution in [1.82, 2.24) is 24.9 Å². The Hall–Kier alpha value is -1.96. The van der Waals surface area contributed by atoms with Gasteiger partial charge < -0.3 is 5.32 Å². The van der Waals surface area contributed by atoms with Crippen molar-refractivity contribution in [1.29, 1.82) is 0 Å². The van der Waals surface area contributed by atoms with Gasteiger partial charge in [0.1, 0.15) is 12.2 Å². The Morgan fingerprint density at radius 2 is 2.09 bits per heavy atom. The first-order valence-electron chi connectivity index (χ1n) is 6.56. The van der Waals surface area contributed by atoms with E-state index in [2.05, 4.69) is 15.5 Å². The first-order chi connectivity index (χ1) is 10.3. The second-order valence-corrected chi connectivity index (χ2v) is 5.28. The van der Waals surface area contributed by atoms with Crippen LogP contribution in [0.2, 0.25) is 5.02 Å². The predicted molar refractivity (Wildman–Crippen MR) is 76.7 cm³/mol. The molecule has 0 aliphatic rings. The summed E-state index contributed by atoms with van der Waals surface area (Å²) < 4.78 is 28.3. The maximum atomic E-state index is 12.7. The van der Waals surface area contributed by atoms with E-state index >= 15 is 0 Å². The number of aryl methyl sites for hydroxylation is 1. The number of hydrogen-bond donors (Lipinski definition) is 1. The molecule has 2 aromatic rings. The van der Waals surface area contributed by atoms with Crippen molar-refractivity contribution in [3.05, 3.63) is 33.9 Å². The second-order valence-electron chi connectivity index (χ2n) is 4.90. The quantitative estimate of drug-likeness (QED) is 0.913. The van der Waals surface area contributed by atoms with E-state index in [0.29, 0.717) is 12.2 Å². The molecular formula is C13H16ClF2N5O. The number of rotatable bonds is 5. The molecule has 0 unspecified atom stereocenters. The fraction of sp³-hybridized carbons (Fsp3) is 0.462. The maximum Gasteiger partial charge on any atom is 0.283 e. The zero-order chi connectivity index (χ0) is 16.4. The fourth-order valence-corrected chi connectivity index (χ4v) is 2.16. The van der Waals surface area contributed by atoms with Gasteiger partial charge in [-0.1, -0.05) is 11.6 Å². The van der Waals surface area contributed by atoms with Crippen molar-refractivity contribution in [2.24, 2.45) is 7.05 Å². The van der Waals surface area contributed by atoms with Gasteiger partial charge in [0.25, 0.3) is 6.43 Å². The number of halogens is 3. The number of carbonyl (C=O) groups is 1. The van der Waals surface area contributed by atoms with Gasteiger partial charge in [0.15, 0.2) is 0 Å². The maximum absolute atomic E-state index is 12.7. The fourth-order valence-electron chi connectivity index (χ4n) is 1.94. The lowest BCUT2D eigenvalue weighted by Crippen LogP contribution is -2.28. The summed E-state index contributed by atoms with van der Waals surface area (Å²) >= 11 is 5.78. The molecule has 120 valence electrons. The van der Waals surface area contributed by atoms with Crippen LogP contribution in [-0.4, -0.2) is 25.5 Å². The van der Waals surface area contributed by atoms with E-state index in [1.807, 2.05) is 14.0 Å². The van der Waals surface area contributed by atoms with Gasteiger partial charge in [0.05, 0.1) is 16.9 Å². The van der Waals surface area contributed by atoms with Gasteiger partial charge in [-0.05, 0) is 13.8 Å². The Kier molecular flexibility index (Phi) is 4.80. The number of alkyl halides is 2. The number of carbonyl (C=O) groups excluding carboxylic acids is 1. The van der Waals surface area contributed by atoms with Gasteiger partial charge in [0.2, 0.25) is 5.91 Å². The average molecular weight is 332 g/mol. The number of hydrogen-bond acceptors (Lipinski definition) is 3. The SMILES string of the molecule is Cc1c(CNC(=O)Cn2nc(C(F)F)c(Cl)c2C)cnn1C. The van der Waals surface area contributed by atoms with Crippen molar-refractivity contribution >= 4 is 17.5 Å². The third kappa shape index (κ3) is 3.27. The van der Waals surface area contributed by atoms with E-state index in [0.717, 1.165) is 11.3 Å². The zero-order valence-electron chi connectivity index (χ0n) is 12.4. The summed E-state index contributed by atoms with van der Waals surface area (Å²) in [5.41, 5.74) is 1.66. The van der Waals surface area contributed by atoms with Crippen molar-refractivity contribution < 1.29 is 13.6 Å². The minimum atomic E-state index is -2.77. The molecule has 0 aliphatic heterocycles. The molecule has 1 N–H and O–H groups in total. The van der Waals surface area contributed by atoms with Crippen molar-refractivity contribution in [2.45, 2.75) is 33.4 Å². The minimum absolute atomic E-state index is 0.106. The highest BCUT2D eigenvalue weighted by Gasteiger charge is 2.21. The van der Waals surface area contributed by atoms with E-state index in [-0.39, 0.29) is 17.5 Å². The van der Waals surface area contributed by atoms with Crippen LogP contribution in [0.4, 0.5) is 8.78 Å². The zero-order valence-corrected chi connectivity index (χ0v) is 13.2. The molecule has 22 heavy (non-hydrogen) atoms. The van der Waals surface area contributed by atoms with Gasteiger partial charge in [-0.15, -0.1) is 0 Å². The van der Waals surface area contributed by atoms with Crippen molar-refractivity contribution in [2.75, 3.05) is 0 Å². The van der Waals surface area contributed by atoms with Crippen molar-refractivity contribution in [3.8, 4) is 0 Å². The average Bonchev–Trinajstić information content (AvgIpc) is 2.92. The largest absolute Gasteiger partial charge is 0.350 e. The highest BCUT2D eigenvalue weighted by molar-refractivity contribution is 6.31. The molecule has 0 saturated carbocycles. The van der Waals surface area contributed by atoms with Gasteiger partial charge in [-0.3, -0.25) is 14.2 Å². The molecule has 2 rings (SSSR count). The van der Waals surface area contributed by atoms with Gasteiger partial charge in [0, 0.05) is 24.8 Å². The van der Waals surface area contributed by atoms with Crippen LogP contribution in [0.1, 0.15) is 29.1 Å². The second kappa shape index (κ2) is 6.43. The Morgan fingerprint density at radius 1 is 1.41 bits per heavy atom. The summed E-state index contributed by atoms with van der Waals surface area (Å²) in [7, 11) is 1.81. The number of nitrogens with one attached hydrogen (secondary N) is 1. The molecular weight excluding hydrogens is 316 g/mol. The molecule has 1 amide bonds. The molecule has 6 nitrogen and oxygen atoms in total. The smallest absolute Gasteiger partial charge is 0.283 e. The molecule has 0 aliphatic carbocycles. The monoisotopic (exact) mass is 331 g/mol. The molecule has 0 fully saturated rings. The van der Waals surface area contributed by atoms with Gasteiger partial charge in [-0.25, -0.2) is 8.78 Å². The normalized spacial score (nSPS) is 11.2. The molecule has 0 aromatic carbocycles. The van der Waals surface area contributed by atoms with Gasteiger partial charge >= 0.3 is 0 Å². The van der Waals surface area contributed by atoms with Crippen LogP contribution in [0.25, 0.3) is 0 Å². The summed E-state index contributed by atoms with van der Waals surface area (Å²) in [5.74, 6) is -0.341. The van der Waals surface area contributed by atoms with Crippen LogP contribution < -0.4 is 5.32 Å². The molecule has 0 radical (unpaired) electrons. The third-order valence-electron chi connectivity index (χ3n) is 3.47. The Balaban J connectivity index is 2.01. The van der Waals surface area contributed by atoms with E-state index in [4.69, 9.17) is 11.6 Å². The van der Waals surface area contributed by atoms with Crippen LogP contribution in [0.15, 0.2) is 6.20 Å². The standard InChI is InChI=1S/C13H16ClF2N5O/c1-7-9(5-18-20(7)3)4-17-10(22)6-21-8(2)11(14)12(19-21)13(15)16/h5,13H,4,6H2,1-3H3,(H,17,22). The summed E-state index contributed by atoms with van der Waals surface area (Å²) in [6, 6.07) is 0. The summed E-state index contributed by atoms with van der Waals surface area (Å²) in [6.45, 7) is 3.58. The van der Waals surface area contributed by atoms with E-state index in [9.17, 15) is 13.6 Å². The minimum Gasteiger partial charge on any atom is -0.350 e. The molecule has 0 atom stereocenters. The molecule has 9 heteroatoms. The van der Waals surface area contributed by atoms with E-state index < -0.39 is 12.1 Å². The molecule has 0 spiro atoms. The molecule has 2 aromatic heterocycles. The predicted octanol–water partition coefficient (Wildman–Crippen LogP) is 2.14. The lowest BCUT2D eigenvalue weighted by Gasteiger charge is -2.06. The van der Waals surface area contributed by atoms with E-state index in [1.54, 1.807) is 17.8 Å². The van der Waals surface area contributed by atoms with E-state index in [1.165, 1.54) is 4.68 Å². The highest BCUT2D eigenvalue weighted by Crippen LogP contribution is 2.28. The molecule has 0 saturated heterocycles. The van der Waals surface area contributed by atoms with Crippen LogP contribution >= 0.6 is 11.6 Å². The highest BCUT2D eigenvalue weighted by atomic mass is 35.5. The summed E-state index contributed by atoms with van der Waals surface area (Å²) in [5, 5.41) is 10.4. The van der Waals surface area contributed by atoms with Gasteiger partial charge in [-0.2, -0.15) is 10.2 Å². The van der Waals surface area contributed by atoms with Crippen molar-refractivity contribution in [3.63, 3.8) is 0 Å². The first kappa shape index (κ1) is 16.4. The summed E-state index contributed by atoms with van der Waals surface area (Å²) in [4.78, 5) is 11.9. The number of amides is 1. The van der Waals surface area contributed by atoms with Crippen LogP contribution in [0.3, 0.4) is 0 Å². The van der Waals surface area contributed by atoms with Crippen LogP contribution in [0, 0.1) is 13.8 Å². The topological polar surface area (TPSA) is 64.7 Å². The molecule has 2 heterocycles. The molecule has 0 bridgehead atoms. The first-order valence-corrected chi connectivity index (χ1v) is 6.94. The lowest BCUT2D eigenvalue weighted by molar-refractivity contribution is -0.122. The van der Waals surface area contributed by atoms with Crippen LogP contribution in [0.5, 0.6) is 0 Å².